The number of rotatable bonds is 4. The molecule has 0 unspecified atom stereocenters. The number of nitrogen functional groups attached to an aromatic ring is 1. The summed E-state index contributed by atoms with van der Waals surface area (Å²) in [6.07, 6.45) is -0.252. The monoisotopic (exact) mass is 522 g/mol. The van der Waals surface area contributed by atoms with Crippen molar-refractivity contribution in [3.8, 4) is 11.8 Å². The van der Waals surface area contributed by atoms with E-state index in [1.165, 1.54) is 35.2 Å². The molecule has 0 radical (unpaired) electrons. The highest BCUT2D eigenvalue weighted by Crippen LogP contribution is 2.34. The molecule has 0 spiro atoms. The fraction of sp³-hybridized carbons (Fsp3) is 0.259. The van der Waals surface area contributed by atoms with Gasteiger partial charge in [0.05, 0.1) is 17.3 Å². The maximum Gasteiger partial charge on any atom is 0.416 e. The smallest absolute Gasteiger partial charge is 0.322 e. The van der Waals surface area contributed by atoms with E-state index in [1.807, 2.05) is 11.9 Å². The molecule has 0 saturated carbocycles. The third kappa shape index (κ3) is 6.73. The van der Waals surface area contributed by atoms with Crippen LogP contribution in [0.1, 0.15) is 27.0 Å². The summed E-state index contributed by atoms with van der Waals surface area (Å²) < 4.78 is 43.0. The summed E-state index contributed by atoms with van der Waals surface area (Å²) in [5, 5.41) is 10.6. The zero-order valence-electron chi connectivity index (χ0n) is 20.7. The fourth-order valence-electron chi connectivity index (χ4n) is 3.99. The minimum atomic E-state index is -4.57. The first-order valence-corrected chi connectivity index (χ1v) is 11.8. The number of carbonyl (C=O) groups excluding carboxylic acids is 1. The number of hydrogen-bond acceptors (Lipinski definition) is 6. The standard InChI is InChI=1S/C27H26F3N7O/c1-35-10-12-36(13-11-35)18-20-6-7-22(15-23(20)27(28,29)30)34-26(38)21-14-19(16-33-17-21)5-8-25(32)37-9-3-2-4-24(37)31/h2-4,6-7,9,14-17,31-32H,10-13,18H2,1H3,(H,34,38)/p+1. The Morgan fingerprint density at radius 3 is 2.63 bits per heavy atom. The second-order valence-electron chi connectivity index (χ2n) is 8.96. The molecule has 1 aromatic carbocycles. The number of likely N-dealkylation sites (N-methyl/N-ethyl adjacent to an activating group) is 1. The van der Waals surface area contributed by atoms with E-state index in [0.29, 0.717) is 24.5 Å². The lowest BCUT2D eigenvalue weighted by Gasteiger charge is -2.33. The Hall–Kier alpha value is -4.27. The summed E-state index contributed by atoms with van der Waals surface area (Å²) in [6, 6.07) is 10.4. The number of anilines is 2. The Morgan fingerprint density at radius 1 is 1.16 bits per heavy atom. The number of carbonyl (C=O) groups is 1. The van der Waals surface area contributed by atoms with Gasteiger partial charge in [-0.2, -0.15) is 23.1 Å². The number of hydrogen-bond donors (Lipinski definition) is 3. The van der Waals surface area contributed by atoms with Crippen LogP contribution < -0.4 is 15.6 Å². The minimum absolute atomic E-state index is 0.0265. The molecular formula is C27H27F3N7O+. The molecule has 1 aliphatic rings. The lowest BCUT2D eigenvalue weighted by molar-refractivity contribution is -0.538. The zero-order valence-corrected chi connectivity index (χ0v) is 20.7. The molecule has 8 nitrogen and oxygen atoms in total. The third-order valence-electron chi connectivity index (χ3n) is 6.12. The van der Waals surface area contributed by atoms with Crippen molar-refractivity contribution in [2.45, 2.75) is 12.7 Å². The molecule has 11 heteroatoms. The average Bonchev–Trinajstić information content (AvgIpc) is 2.89. The highest BCUT2D eigenvalue weighted by atomic mass is 19.4. The predicted octanol–water partition coefficient (Wildman–Crippen LogP) is 2.85. The molecule has 1 aliphatic heterocycles. The van der Waals surface area contributed by atoms with Gasteiger partial charge in [-0.15, -0.1) is 0 Å². The second-order valence-corrected chi connectivity index (χ2v) is 8.96. The molecule has 0 atom stereocenters. The summed E-state index contributed by atoms with van der Waals surface area (Å²) in [6.45, 7) is 3.16. The average molecular weight is 523 g/mol. The van der Waals surface area contributed by atoms with E-state index >= 15 is 0 Å². The summed E-state index contributed by atoms with van der Waals surface area (Å²) in [5.74, 6) is 5.05. The quantitative estimate of drug-likeness (QED) is 0.212. The Balaban J connectivity index is 1.49. The Bertz CT molecular complexity index is 1400. The van der Waals surface area contributed by atoms with Gasteiger partial charge in [0.15, 0.2) is 0 Å². The molecular weight excluding hydrogens is 495 g/mol. The van der Waals surface area contributed by atoms with E-state index in [-0.39, 0.29) is 29.2 Å². The maximum absolute atomic E-state index is 13.9. The van der Waals surface area contributed by atoms with Crippen LogP contribution in [0.3, 0.4) is 0 Å². The van der Waals surface area contributed by atoms with Gasteiger partial charge in [-0.05, 0) is 36.9 Å². The number of halogens is 3. The van der Waals surface area contributed by atoms with E-state index < -0.39 is 17.6 Å². The number of amides is 1. The third-order valence-corrected chi connectivity index (χ3v) is 6.12. The summed E-state index contributed by atoms with van der Waals surface area (Å²) >= 11 is 0. The molecule has 3 aromatic rings. The SMILES string of the molecule is CN1CCN(Cc2ccc(NC(=O)c3cncc(C#CC(=N)[n+]4ccccc4N)c3)cc2C(F)(F)F)CC1. The van der Waals surface area contributed by atoms with Crippen LogP contribution in [0.5, 0.6) is 0 Å². The van der Waals surface area contributed by atoms with Gasteiger partial charge in [0.2, 0.25) is 5.82 Å². The van der Waals surface area contributed by atoms with Crippen LogP contribution in [0.2, 0.25) is 0 Å². The summed E-state index contributed by atoms with van der Waals surface area (Å²) in [7, 11) is 1.99. The molecule has 0 aliphatic carbocycles. The molecule has 0 bridgehead atoms. The topological polar surface area (TPSA) is 102 Å². The first-order chi connectivity index (χ1) is 18.1. The van der Waals surface area contributed by atoms with Crippen LogP contribution in [-0.4, -0.2) is 59.8 Å². The van der Waals surface area contributed by atoms with E-state index in [2.05, 4.69) is 27.0 Å². The van der Waals surface area contributed by atoms with Crippen molar-refractivity contribution in [1.29, 1.82) is 5.41 Å². The maximum atomic E-state index is 13.9. The molecule has 3 heterocycles. The van der Waals surface area contributed by atoms with Gasteiger partial charge in [-0.1, -0.05) is 18.1 Å². The van der Waals surface area contributed by atoms with Gasteiger partial charge in [0.25, 0.3) is 5.91 Å². The molecule has 2 aromatic heterocycles. The second kappa shape index (κ2) is 11.4. The number of alkyl halides is 3. The van der Waals surface area contributed by atoms with Crippen LogP contribution in [-0.2, 0) is 12.7 Å². The molecule has 196 valence electrons. The van der Waals surface area contributed by atoms with Crippen LogP contribution in [0.15, 0.2) is 61.1 Å². The first-order valence-electron chi connectivity index (χ1n) is 11.8. The number of benzene rings is 1. The van der Waals surface area contributed by atoms with Crippen LogP contribution in [0, 0.1) is 17.3 Å². The Morgan fingerprint density at radius 2 is 1.92 bits per heavy atom. The van der Waals surface area contributed by atoms with E-state index in [4.69, 9.17) is 11.1 Å². The lowest BCUT2D eigenvalue weighted by atomic mass is 10.0. The Labute approximate surface area is 218 Å². The molecule has 1 fully saturated rings. The number of nitrogens with one attached hydrogen (secondary N) is 2. The van der Waals surface area contributed by atoms with Crippen molar-refractivity contribution >= 4 is 23.2 Å². The largest absolute Gasteiger partial charge is 0.416 e. The summed E-state index contributed by atoms with van der Waals surface area (Å²) in [5.41, 5.74) is 5.73. The van der Waals surface area contributed by atoms with E-state index in [1.54, 1.807) is 24.4 Å². The fourth-order valence-corrected chi connectivity index (χ4v) is 3.99. The number of nitrogens with zero attached hydrogens (tertiary/aromatic N) is 4. The van der Waals surface area contributed by atoms with Gasteiger partial charge < -0.3 is 16.0 Å². The predicted molar refractivity (Wildman–Crippen MR) is 137 cm³/mol. The first kappa shape index (κ1) is 26.8. The van der Waals surface area contributed by atoms with E-state index in [9.17, 15) is 18.0 Å². The van der Waals surface area contributed by atoms with Gasteiger partial charge in [-0.25, -0.2) is 0 Å². The van der Waals surface area contributed by atoms with Gasteiger partial charge in [0, 0.05) is 68.4 Å². The molecule has 1 amide bonds. The number of pyridine rings is 2. The lowest BCUT2D eigenvalue weighted by Crippen LogP contribution is -2.44. The van der Waals surface area contributed by atoms with E-state index in [0.717, 1.165) is 19.2 Å². The molecule has 4 N–H and O–H groups in total. The Kier molecular flexibility index (Phi) is 8.05. The highest BCUT2D eigenvalue weighted by Gasteiger charge is 2.34. The van der Waals surface area contributed by atoms with Crippen LogP contribution >= 0.6 is 0 Å². The zero-order chi connectivity index (χ0) is 27.3. The van der Waals surface area contributed by atoms with Crippen LogP contribution in [0.25, 0.3) is 0 Å². The normalized spacial score (nSPS) is 14.4. The number of aromatic nitrogens is 2. The van der Waals surface area contributed by atoms with Crippen molar-refractivity contribution in [3.05, 3.63) is 83.3 Å². The molecule has 38 heavy (non-hydrogen) atoms. The minimum Gasteiger partial charge on any atom is -0.322 e. The van der Waals surface area contributed by atoms with Crippen LogP contribution in [0.4, 0.5) is 24.7 Å². The number of piperazine rings is 1. The highest BCUT2D eigenvalue weighted by molar-refractivity contribution is 6.04. The van der Waals surface area contributed by atoms with Crippen molar-refractivity contribution in [2.24, 2.45) is 0 Å². The van der Waals surface area contributed by atoms with Crippen molar-refractivity contribution in [1.82, 2.24) is 14.8 Å². The van der Waals surface area contributed by atoms with Crippen molar-refractivity contribution < 1.29 is 22.5 Å². The molecule has 4 rings (SSSR count). The molecule has 1 saturated heterocycles. The van der Waals surface area contributed by atoms with Gasteiger partial charge in [-0.3, -0.25) is 14.7 Å². The van der Waals surface area contributed by atoms with Gasteiger partial charge >= 0.3 is 12.0 Å². The number of nitrogens with two attached hydrogens (primary N) is 1. The van der Waals surface area contributed by atoms with Crippen molar-refractivity contribution in [2.75, 3.05) is 44.3 Å². The summed E-state index contributed by atoms with van der Waals surface area (Å²) in [4.78, 5) is 20.9. The van der Waals surface area contributed by atoms with Gasteiger partial charge in [0.1, 0.15) is 0 Å². The van der Waals surface area contributed by atoms with Crippen molar-refractivity contribution in [3.63, 3.8) is 0 Å².